The van der Waals surface area contributed by atoms with Gasteiger partial charge >= 0.3 is 5.69 Å². The van der Waals surface area contributed by atoms with E-state index < -0.39 is 0 Å². The molecule has 7 heteroatoms. The van der Waals surface area contributed by atoms with Gasteiger partial charge in [0.25, 0.3) is 0 Å². The van der Waals surface area contributed by atoms with Crippen LogP contribution in [0.5, 0.6) is 0 Å². The summed E-state index contributed by atoms with van der Waals surface area (Å²) in [4.78, 5) is 24.5. The maximum absolute atomic E-state index is 12.4. The molecule has 1 aromatic carbocycles. The Morgan fingerprint density at radius 2 is 1.95 bits per heavy atom. The number of para-hydroxylation sites is 2. The molecule has 0 aliphatic rings. The third-order valence-electron chi connectivity index (χ3n) is 3.44. The largest absolute Gasteiger partial charge is 0.360 e. The monoisotopic (exact) mass is 300 g/mol. The Labute approximate surface area is 126 Å². The zero-order valence-corrected chi connectivity index (χ0v) is 12.4. The van der Waals surface area contributed by atoms with Gasteiger partial charge in [0.2, 0.25) is 5.91 Å². The molecule has 0 spiro atoms. The number of carbonyl (C=O) groups excluding carboxylic acids is 1. The minimum absolute atomic E-state index is 0.0712. The minimum Gasteiger partial charge on any atom is -0.360 e. The van der Waals surface area contributed by atoms with Gasteiger partial charge in [-0.15, -0.1) is 0 Å². The van der Waals surface area contributed by atoms with Crippen LogP contribution in [0.1, 0.15) is 12.7 Å². The van der Waals surface area contributed by atoms with Crippen molar-refractivity contribution in [3.8, 4) is 0 Å². The van der Waals surface area contributed by atoms with E-state index in [4.69, 9.17) is 4.52 Å². The highest BCUT2D eigenvalue weighted by Gasteiger charge is 2.15. The molecule has 114 valence electrons. The number of imidazole rings is 1. The van der Waals surface area contributed by atoms with Gasteiger partial charge in [0.1, 0.15) is 12.3 Å². The summed E-state index contributed by atoms with van der Waals surface area (Å²) in [5, 5.41) is 6.32. The van der Waals surface area contributed by atoms with Crippen molar-refractivity contribution >= 4 is 22.8 Å². The number of aryl methyl sites for hydroxylation is 2. The van der Waals surface area contributed by atoms with E-state index in [0.717, 1.165) is 11.0 Å². The maximum Gasteiger partial charge on any atom is 0.329 e. The second kappa shape index (κ2) is 5.51. The van der Waals surface area contributed by atoms with Gasteiger partial charge in [0.15, 0.2) is 5.82 Å². The molecule has 3 rings (SSSR count). The molecular formula is C15H16N4O3. The van der Waals surface area contributed by atoms with Crippen LogP contribution in [0.3, 0.4) is 0 Å². The molecule has 3 aromatic rings. The molecule has 1 N–H and O–H groups in total. The van der Waals surface area contributed by atoms with E-state index in [9.17, 15) is 9.59 Å². The Kier molecular flexibility index (Phi) is 3.54. The fourth-order valence-electron chi connectivity index (χ4n) is 2.48. The predicted octanol–water partition coefficient (Wildman–Crippen LogP) is 1.76. The van der Waals surface area contributed by atoms with Gasteiger partial charge in [-0.25, -0.2) is 4.79 Å². The van der Waals surface area contributed by atoms with Crippen LogP contribution < -0.4 is 11.0 Å². The molecule has 7 nitrogen and oxygen atoms in total. The smallest absolute Gasteiger partial charge is 0.329 e. The zero-order valence-electron chi connectivity index (χ0n) is 12.4. The van der Waals surface area contributed by atoms with Crippen LogP contribution in [0, 0.1) is 6.92 Å². The van der Waals surface area contributed by atoms with Crippen molar-refractivity contribution in [3.05, 3.63) is 46.6 Å². The van der Waals surface area contributed by atoms with Gasteiger partial charge in [-0.1, -0.05) is 17.3 Å². The number of amides is 1. The molecule has 0 bridgehead atoms. The number of hydrogen-bond acceptors (Lipinski definition) is 4. The average molecular weight is 300 g/mol. The Morgan fingerprint density at radius 1 is 1.27 bits per heavy atom. The van der Waals surface area contributed by atoms with Crippen molar-refractivity contribution < 1.29 is 9.32 Å². The van der Waals surface area contributed by atoms with Crippen LogP contribution in [0.15, 0.2) is 39.6 Å². The number of hydrogen-bond donors (Lipinski definition) is 1. The van der Waals surface area contributed by atoms with Crippen LogP contribution in [0.2, 0.25) is 0 Å². The molecule has 0 atom stereocenters. The summed E-state index contributed by atoms with van der Waals surface area (Å²) in [7, 11) is 0. The fraction of sp³-hybridized carbons (Fsp3) is 0.267. The minimum atomic E-state index is -0.325. The molecular weight excluding hydrogens is 284 g/mol. The topological polar surface area (TPSA) is 82.1 Å². The van der Waals surface area contributed by atoms with E-state index in [1.165, 1.54) is 4.57 Å². The standard InChI is InChI=1S/C15H16N4O3/c1-3-18-11-6-4-5-7-12(11)19(15(18)21)9-14(20)16-13-8-10(2)22-17-13/h4-8H,3,9H2,1-2H3,(H,16,17,20). The van der Waals surface area contributed by atoms with Gasteiger partial charge in [-0.3, -0.25) is 13.9 Å². The van der Waals surface area contributed by atoms with Gasteiger partial charge in [0.05, 0.1) is 11.0 Å². The van der Waals surface area contributed by atoms with Crippen molar-refractivity contribution in [3.63, 3.8) is 0 Å². The van der Waals surface area contributed by atoms with E-state index in [-0.39, 0.29) is 18.1 Å². The lowest BCUT2D eigenvalue weighted by molar-refractivity contribution is -0.116. The van der Waals surface area contributed by atoms with E-state index in [0.29, 0.717) is 18.1 Å². The summed E-state index contributed by atoms with van der Waals surface area (Å²) >= 11 is 0. The Hall–Kier alpha value is -2.83. The summed E-state index contributed by atoms with van der Waals surface area (Å²) in [6, 6.07) is 9.04. The summed E-state index contributed by atoms with van der Waals surface area (Å²) in [6.45, 7) is 4.12. The van der Waals surface area contributed by atoms with E-state index >= 15 is 0 Å². The third-order valence-corrected chi connectivity index (χ3v) is 3.44. The molecule has 0 saturated heterocycles. The summed E-state index contributed by atoms with van der Waals surface area (Å²) in [5.41, 5.74) is 1.36. The number of anilines is 1. The molecule has 0 radical (unpaired) electrons. The summed E-state index contributed by atoms with van der Waals surface area (Å²) in [6.07, 6.45) is 0. The Balaban J connectivity index is 1.92. The molecule has 0 aliphatic heterocycles. The first-order valence-electron chi connectivity index (χ1n) is 7.01. The number of benzene rings is 1. The Bertz CT molecular complexity index is 888. The number of nitrogens with zero attached hydrogens (tertiary/aromatic N) is 3. The van der Waals surface area contributed by atoms with Crippen LogP contribution in [-0.2, 0) is 17.9 Å². The molecule has 2 heterocycles. The number of rotatable bonds is 4. The second-order valence-corrected chi connectivity index (χ2v) is 4.97. The molecule has 22 heavy (non-hydrogen) atoms. The first-order chi connectivity index (χ1) is 10.6. The zero-order chi connectivity index (χ0) is 15.7. The lowest BCUT2D eigenvalue weighted by atomic mass is 10.3. The summed E-state index contributed by atoms with van der Waals surface area (Å²) < 4.78 is 7.99. The molecule has 0 unspecified atom stereocenters. The predicted molar refractivity (Wildman–Crippen MR) is 81.7 cm³/mol. The molecule has 1 amide bonds. The van der Waals surface area contributed by atoms with E-state index in [2.05, 4.69) is 10.5 Å². The van der Waals surface area contributed by atoms with Gasteiger partial charge < -0.3 is 9.84 Å². The Morgan fingerprint density at radius 3 is 2.55 bits per heavy atom. The third kappa shape index (κ3) is 2.41. The number of fused-ring (bicyclic) bond motifs is 1. The molecule has 0 saturated carbocycles. The highest BCUT2D eigenvalue weighted by molar-refractivity contribution is 5.90. The highest BCUT2D eigenvalue weighted by atomic mass is 16.5. The van der Waals surface area contributed by atoms with Crippen molar-refractivity contribution in [2.75, 3.05) is 5.32 Å². The van der Waals surface area contributed by atoms with Gasteiger partial charge in [0, 0.05) is 12.6 Å². The first-order valence-corrected chi connectivity index (χ1v) is 7.01. The molecule has 0 aliphatic carbocycles. The normalized spacial score (nSPS) is 11.0. The molecule has 2 aromatic heterocycles. The number of carbonyl (C=O) groups is 1. The van der Waals surface area contributed by atoms with Crippen molar-refractivity contribution in [2.45, 2.75) is 26.9 Å². The fourth-order valence-corrected chi connectivity index (χ4v) is 2.48. The van der Waals surface area contributed by atoms with E-state index in [1.54, 1.807) is 17.6 Å². The lowest BCUT2D eigenvalue weighted by Crippen LogP contribution is -2.29. The van der Waals surface area contributed by atoms with E-state index in [1.807, 2.05) is 31.2 Å². The summed E-state index contributed by atoms with van der Waals surface area (Å²) in [5.74, 6) is 0.624. The van der Waals surface area contributed by atoms with Crippen LogP contribution in [0.25, 0.3) is 11.0 Å². The first kappa shape index (κ1) is 14.1. The molecule has 0 fully saturated rings. The van der Waals surface area contributed by atoms with Crippen LogP contribution >= 0.6 is 0 Å². The average Bonchev–Trinajstić information content (AvgIpc) is 3.01. The van der Waals surface area contributed by atoms with Crippen LogP contribution in [0.4, 0.5) is 5.82 Å². The van der Waals surface area contributed by atoms with Gasteiger partial charge in [-0.05, 0) is 26.0 Å². The number of nitrogens with one attached hydrogen (secondary N) is 1. The SMILES string of the molecule is CCn1c(=O)n(CC(=O)Nc2cc(C)on2)c2ccccc21. The van der Waals surface area contributed by atoms with Gasteiger partial charge in [-0.2, -0.15) is 0 Å². The van der Waals surface area contributed by atoms with Crippen molar-refractivity contribution in [1.82, 2.24) is 14.3 Å². The van der Waals surface area contributed by atoms with Crippen LogP contribution in [-0.4, -0.2) is 20.2 Å². The number of aromatic nitrogens is 3. The quantitative estimate of drug-likeness (QED) is 0.796. The highest BCUT2D eigenvalue weighted by Crippen LogP contribution is 2.13. The van der Waals surface area contributed by atoms with Crippen molar-refractivity contribution in [2.24, 2.45) is 0 Å². The lowest BCUT2D eigenvalue weighted by Gasteiger charge is -2.03. The second-order valence-electron chi connectivity index (χ2n) is 4.97. The maximum atomic E-state index is 12.4. The van der Waals surface area contributed by atoms with Crippen molar-refractivity contribution in [1.29, 1.82) is 0 Å².